The van der Waals surface area contributed by atoms with E-state index in [0.717, 1.165) is 27.2 Å². The first-order valence-electron chi connectivity index (χ1n) is 8.07. The molecule has 1 aromatic heterocycles. The number of fused-ring (bicyclic) bond motifs is 1. The summed E-state index contributed by atoms with van der Waals surface area (Å²) in [6, 6.07) is 23.4. The lowest BCUT2D eigenvalue weighted by molar-refractivity contribution is 0.105. The normalized spacial score (nSPS) is 13.7. The van der Waals surface area contributed by atoms with E-state index in [9.17, 15) is 4.79 Å². The summed E-state index contributed by atoms with van der Waals surface area (Å²) in [5.74, 6) is -0.0721. The number of carbonyl (C=O) groups is 1. The number of hydrogen-bond acceptors (Lipinski definition) is 2. The fraction of sp³-hybridized carbons (Fsp3) is 0. The minimum Gasteiger partial charge on any atom is -0.288 e. The average molecular weight is 342 g/mol. The maximum Gasteiger partial charge on any atom is 0.197 e. The molecule has 1 aliphatic carbocycles. The maximum absolute atomic E-state index is 13.2. The van der Waals surface area contributed by atoms with Gasteiger partial charge >= 0.3 is 0 Å². The molecule has 0 unspecified atom stereocenters. The molecular weight excluding hydrogens is 330 g/mol. The summed E-state index contributed by atoms with van der Waals surface area (Å²) in [6.07, 6.45) is 0. The Morgan fingerprint density at radius 2 is 1.44 bits per heavy atom. The highest BCUT2D eigenvalue weighted by Crippen LogP contribution is 2.41. The number of halogens is 1. The lowest BCUT2D eigenvalue weighted by atomic mass is 9.86. The molecule has 3 aromatic carbocycles. The Bertz CT molecular complexity index is 1220. The third-order valence-corrected chi connectivity index (χ3v) is 5.08. The molecule has 4 aromatic rings. The van der Waals surface area contributed by atoms with Gasteiger partial charge in [-0.05, 0) is 17.5 Å². The van der Waals surface area contributed by atoms with E-state index in [1.165, 1.54) is 0 Å². The number of hydrogen-bond donors (Lipinski definition) is 0. The third-order valence-electron chi connectivity index (χ3n) is 4.69. The van der Waals surface area contributed by atoms with E-state index in [4.69, 9.17) is 11.6 Å². The Kier molecular flexibility index (Phi) is 3.03. The Morgan fingerprint density at radius 1 is 0.720 bits per heavy atom. The molecule has 0 aliphatic heterocycles. The molecule has 0 spiro atoms. The molecule has 0 bridgehead atoms. The Hall–Kier alpha value is -2.97. The lowest BCUT2D eigenvalue weighted by Gasteiger charge is -2.19. The van der Waals surface area contributed by atoms with E-state index >= 15 is 0 Å². The predicted octanol–water partition coefficient (Wildman–Crippen LogP) is 5.69. The van der Waals surface area contributed by atoms with Crippen molar-refractivity contribution < 1.29 is 4.79 Å². The third kappa shape index (κ3) is 2.04. The SMILES string of the molecule is O=C1C(c2ccc3ccccc3n2)=C(Cl)c2cccc3cccc1c23. The molecule has 1 heterocycles. The van der Waals surface area contributed by atoms with Crippen molar-refractivity contribution in [1.29, 1.82) is 0 Å². The van der Waals surface area contributed by atoms with Crippen LogP contribution in [0, 0.1) is 0 Å². The number of carbonyl (C=O) groups excluding carboxylic acids is 1. The smallest absolute Gasteiger partial charge is 0.197 e. The Labute approximate surface area is 149 Å². The van der Waals surface area contributed by atoms with Crippen LogP contribution in [0.25, 0.3) is 32.3 Å². The fourth-order valence-corrected chi connectivity index (χ4v) is 3.86. The van der Waals surface area contributed by atoms with Crippen molar-refractivity contribution in [3.63, 3.8) is 0 Å². The van der Waals surface area contributed by atoms with Crippen LogP contribution in [-0.4, -0.2) is 10.8 Å². The zero-order valence-electron chi connectivity index (χ0n) is 13.2. The molecule has 0 N–H and O–H groups in total. The van der Waals surface area contributed by atoms with E-state index in [2.05, 4.69) is 4.98 Å². The molecule has 0 saturated heterocycles. The van der Waals surface area contributed by atoms with Crippen molar-refractivity contribution in [2.24, 2.45) is 0 Å². The van der Waals surface area contributed by atoms with Crippen molar-refractivity contribution >= 4 is 49.7 Å². The number of para-hydroxylation sites is 1. The van der Waals surface area contributed by atoms with E-state index in [1.807, 2.05) is 72.8 Å². The molecule has 0 amide bonds. The number of nitrogens with zero attached hydrogens (tertiary/aromatic N) is 1. The molecule has 0 saturated carbocycles. The van der Waals surface area contributed by atoms with Crippen molar-refractivity contribution in [1.82, 2.24) is 4.98 Å². The standard InChI is InChI=1S/C22H12ClNO/c23-21-15-8-3-6-14-7-4-9-16(19(14)15)22(25)20(21)18-12-11-13-5-1-2-10-17(13)24-18/h1-12H. The first kappa shape index (κ1) is 14.4. The van der Waals surface area contributed by atoms with Crippen LogP contribution in [0.4, 0.5) is 0 Å². The Balaban J connectivity index is 1.83. The lowest BCUT2D eigenvalue weighted by Crippen LogP contribution is -2.11. The molecule has 118 valence electrons. The highest BCUT2D eigenvalue weighted by Gasteiger charge is 2.28. The van der Waals surface area contributed by atoms with E-state index in [-0.39, 0.29) is 5.78 Å². The molecule has 0 fully saturated rings. The van der Waals surface area contributed by atoms with E-state index in [0.29, 0.717) is 21.9 Å². The van der Waals surface area contributed by atoms with Gasteiger partial charge in [-0.1, -0.05) is 72.3 Å². The summed E-state index contributed by atoms with van der Waals surface area (Å²) in [5, 5.41) is 3.45. The molecule has 1 aliphatic rings. The average Bonchev–Trinajstić information content (AvgIpc) is 2.66. The maximum atomic E-state index is 13.2. The van der Waals surface area contributed by atoms with Crippen LogP contribution in [-0.2, 0) is 0 Å². The van der Waals surface area contributed by atoms with Crippen LogP contribution in [0.2, 0.25) is 0 Å². The van der Waals surface area contributed by atoms with Crippen molar-refractivity contribution in [3.8, 4) is 0 Å². The van der Waals surface area contributed by atoms with Crippen LogP contribution >= 0.6 is 11.6 Å². The molecule has 0 radical (unpaired) electrons. The molecule has 2 nitrogen and oxygen atoms in total. The number of rotatable bonds is 1. The summed E-state index contributed by atoms with van der Waals surface area (Å²) in [4.78, 5) is 17.8. The van der Waals surface area contributed by atoms with Crippen molar-refractivity contribution in [3.05, 3.63) is 89.6 Å². The number of aromatic nitrogens is 1. The second kappa shape index (κ2) is 5.27. The van der Waals surface area contributed by atoms with Crippen molar-refractivity contribution in [2.45, 2.75) is 0 Å². The monoisotopic (exact) mass is 341 g/mol. The summed E-state index contributed by atoms with van der Waals surface area (Å²) in [6.45, 7) is 0. The molecule has 3 heteroatoms. The van der Waals surface area contributed by atoms with Crippen LogP contribution < -0.4 is 0 Å². The summed E-state index contributed by atoms with van der Waals surface area (Å²) in [7, 11) is 0. The summed E-state index contributed by atoms with van der Waals surface area (Å²) < 4.78 is 0. The largest absolute Gasteiger partial charge is 0.288 e. The van der Waals surface area contributed by atoms with Crippen LogP contribution in [0.15, 0.2) is 72.8 Å². The summed E-state index contributed by atoms with van der Waals surface area (Å²) >= 11 is 6.68. The number of Topliss-reactive ketones (excluding diaryl/α,β-unsaturated/α-hetero) is 1. The fourth-order valence-electron chi connectivity index (χ4n) is 3.52. The number of allylic oxidation sites excluding steroid dienone is 1. The Morgan fingerprint density at radius 3 is 2.28 bits per heavy atom. The van der Waals surface area contributed by atoms with Gasteiger partial charge in [0, 0.05) is 21.9 Å². The highest BCUT2D eigenvalue weighted by molar-refractivity contribution is 6.61. The molecular formula is C22H12ClNO. The van der Waals surface area contributed by atoms with Gasteiger partial charge in [0.15, 0.2) is 5.78 Å². The van der Waals surface area contributed by atoms with Crippen LogP contribution in [0.5, 0.6) is 0 Å². The van der Waals surface area contributed by atoms with Gasteiger partial charge in [-0.15, -0.1) is 0 Å². The molecule has 25 heavy (non-hydrogen) atoms. The first-order valence-corrected chi connectivity index (χ1v) is 8.44. The zero-order chi connectivity index (χ0) is 17.0. The van der Waals surface area contributed by atoms with Crippen molar-refractivity contribution in [2.75, 3.05) is 0 Å². The van der Waals surface area contributed by atoms with E-state index < -0.39 is 0 Å². The second-order valence-corrected chi connectivity index (χ2v) is 6.49. The van der Waals surface area contributed by atoms with Crippen LogP contribution in [0.1, 0.15) is 21.6 Å². The van der Waals surface area contributed by atoms with Gasteiger partial charge in [0.2, 0.25) is 0 Å². The minimum absolute atomic E-state index is 0.0721. The van der Waals surface area contributed by atoms with Gasteiger partial charge in [-0.2, -0.15) is 0 Å². The summed E-state index contributed by atoms with van der Waals surface area (Å²) in [5.41, 5.74) is 3.50. The minimum atomic E-state index is -0.0721. The van der Waals surface area contributed by atoms with Crippen LogP contribution in [0.3, 0.4) is 0 Å². The molecule has 0 atom stereocenters. The van der Waals surface area contributed by atoms with Gasteiger partial charge in [-0.25, -0.2) is 4.98 Å². The van der Waals surface area contributed by atoms with Gasteiger partial charge < -0.3 is 0 Å². The molecule has 5 rings (SSSR count). The van der Waals surface area contributed by atoms with Gasteiger partial charge in [0.25, 0.3) is 0 Å². The zero-order valence-corrected chi connectivity index (χ0v) is 13.9. The predicted molar refractivity (Wildman–Crippen MR) is 103 cm³/mol. The van der Waals surface area contributed by atoms with Gasteiger partial charge in [0.05, 0.1) is 21.8 Å². The quantitative estimate of drug-likeness (QED) is 0.445. The first-order chi connectivity index (χ1) is 12.2. The number of benzene rings is 3. The topological polar surface area (TPSA) is 30.0 Å². The second-order valence-electron chi connectivity index (χ2n) is 6.12. The number of pyridine rings is 1. The van der Waals surface area contributed by atoms with Gasteiger partial charge in [-0.3, -0.25) is 4.79 Å². The number of ketones is 1. The highest BCUT2D eigenvalue weighted by atomic mass is 35.5. The van der Waals surface area contributed by atoms with Gasteiger partial charge in [0.1, 0.15) is 0 Å². The van der Waals surface area contributed by atoms with E-state index in [1.54, 1.807) is 0 Å².